The molecule has 0 aliphatic carbocycles. The van der Waals surface area contributed by atoms with E-state index in [9.17, 15) is 19.6 Å². The van der Waals surface area contributed by atoms with Crippen molar-refractivity contribution in [2.45, 2.75) is 12.8 Å². The topological polar surface area (TPSA) is 129 Å². The van der Waals surface area contributed by atoms with E-state index in [4.69, 9.17) is 26.8 Å². The minimum Gasteiger partial charge on any atom is -0.466 e. The third kappa shape index (κ3) is 5.82. The molecule has 2 N–H and O–H groups in total. The van der Waals surface area contributed by atoms with Crippen molar-refractivity contribution in [3.05, 3.63) is 117 Å². The highest BCUT2D eigenvalue weighted by Crippen LogP contribution is 2.47. The van der Waals surface area contributed by atoms with Crippen LogP contribution >= 0.6 is 11.6 Å². The normalized spacial score (nSPS) is 16.8. The number of hydrogen-bond acceptors (Lipinski definition) is 9. The van der Waals surface area contributed by atoms with Crippen LogP contribution in [0.3, 0.4) is 0 Å². The second-order valence-corrected chi connectivity index (χ2v) is 11.0. The van der Waals surface area contributed by atoms with Crippen molar-refractivity contribution in [3.63, 3.8) is 0 Å². The maximum atomic E-state index is 13.6. The van der Waals surface area contributed by atoms with Crippen LogP contribution in [0.25, 0.3) is 0 Å². The number of ether oxygens (including phenoxy) is 2. The average molecular weight is 626 g/mol. The molecule has 2 heterocycles. The molecule has 10 nitrogen and oxygen atoms in total. The van der Waals surface area contributed by atoms with Gasteiger partial charge in [-0.15, -0.1) is 0 Å². The van der Waals surface area contributed by atoms with E-state index in [0.717, 1.165) is 5.56 Å². The molecule has 230 valence electrons. The highest BCUT2D eigenvalue weighted by molar-refractivity contribution is 6.34. The zero-order valence-corrected chi connectivity index (χ0v) is 25.9. The van der Waals surface area contributed by atoms with E-state index in [2.05, 4.69) is 6.07 Å². The molecule has 45 heavy (non-hydrogen) atoms. The number of para-hydroxylation sites is 1. The Morgan fingerprint density at radius 3 is 2.13 bits per heavy atom. The van der Waals surface area contributed by atoms with E-state index < -0.39 is 17.9 Å². The average Bonchev–Trinajstić information content (AvgIpc) is 3.07. The number of nitrogens with zero attached hydrogens (tertiary/aromatic N) is 4. The third-order valence-electron chi connectivity index (χ3n) is 8.00. The van der Waals surface area contributed by atoms with Gasteiger partial charge in [0.25, 0.3) is 5.91 Å². The van der Waals surface area contributed by atoms with Crippen molar-refractivity contribution in [1.82, 2.24) is 4.90 Å². The molecule has 1 unspecified atom stereocenters. The minimum absolute atomic E-state index is 0.0497. The van der Waals surface area contributed by atoms with E-state index in [1.54, 1.807) is 53.4 Å². The molecule has 5 rings (SSSR count). The van der Waals surface area contributed by atoms with Gasteiger partial charge >= 0.3 is 11.9 Å². The summed E-state index contributed by atoms with van der Waals surface area (Å²) in [5.74, 6) is -2.79. The van der Waals surface area contributed by atoms with Crippen molar-refractivity contribution in [3.8, 4) is 6.07 Å². The fraction of sp³-hybridized carbons (Fsp3) is 0.235. The molecule has 0 bridgehead atoms. The lowest BCUT2D eigenvalue weighted by Gasteiger charge is -2.41. The number of nitriles is 1. The van der Waals surface area contributed by atoms with Gasteiger partial charge in [-0.2, -0.15) is 5.26 Å². The molecule has 11 heteroatoms. The Kier molecular flexibility index (Phi) is 9.11. The molecule has 0 aromatic heterocycles. The number of aryl methyl sites for hydroxylation is 1. The van der Waals surface area contributed by atoms with Gasteiger partial charge in [0.15, 0.2) is 0 Å². The van der Waals surface area contributed by atoms with Crippen molar-refractivity contribution in [2.24, 2.45) is 5.73 Å². The van der Waals surface area contributed by atoms with Crippen LogP contribution in [0.1, 0.15) is 27.4 Å². The minimum atomic E-state index is -0.993. The van der Waals surface area contributed by atoms with Crippen molar-refractivity contribution in [2.75, 3.05) is 50.2 Å². The summed E-state index contributed by atoms with van der Waals surface area (Å²) in [4.78, 5) is 45.3. The molecule has 0 saturated carbocycles. The molecule has 2 aliphatic heterocycles. The van der Waals surface area contributed by atoms with Crippen molar-refractivity contribution < 1.29 is 23.9 Å². The van der Waals surface area contributed by atoms with Gasteiger partial charge in [-0.1, -0.05) is 65.7 Å². The summed E-state index contributed by atoms with van der Waals surface area (Å²) in [6.45, 7) is 3.63. The molecule has 1 amide bonds. The molecule has 3 aromatic carbocycles. The first kappa shape index (κ1) is 31.2. The summed E-state index contributed by atoms with van der Waals surface area (Å²) in [5, 5.41) is 10.7. The molecule has 3 aromatic rings. The predicted molar refractivity (Wildman–Crippen MR) is 170 cm³/mol. The van der Waals surface area contributed by atoms with Gasteiger partial charge in [0.2, 0.25) is 0 Å². The van der Waals surface area contributed by atoms with Gasteiger partial charge in [-0.05, 0) is 36.8 Å². The quantitative estimate of drug-likeness (QED) is 0.393. The van der Waals surface area contributed by atoms with Crippen LogP contribution in [0.4, 0.5) is 11.4 Å². The van der Waals surface area contributed by atoms with Crippen molar-refractivity contribution in [1.29, 1.82) is 5.26 Å². The third-order valence-corrected chi connectivity index (χ3v) is 8.30. The second-order valence-electron chi connectivity index (χ2n) is 10.6. The number of esters is 2. The Morgan fingerprint density at radius 2 is 1.53 bits per heavy atom. The summed E-state index contributed by atoms with van der Waals surface area (Å²) >= 11 is 6.83. The number of halogens is 1. The van der Waals surface area contributed by atoms with Crippen LogP contribution in [0.2, 0.25) is 5.02 Å². The molecular weight excluding hydrogens is 594 g/mol. The molecule has 1 atom stereocenters. The number of methoxy groups -OCH3 is 2. The molecule has 2 aliphatic rings. The predicted octanol–water partition coefficient (Wildman–Crippen LogP) is 4.51. The number of nitrogens with two attached hydrogens (primary N) is 1. The lowest BCUT2D eigenvalue weighted by atomic mass is 9.81. The Labute approximate surface area is 266 Å². The Hall–Kier alpha value is -5.27. The van der Waals surface area contributed by atoms with Crippen LogP contribution in [0, 0.1) is 18.3 Å². The zero-order valence-electron chi connectivity index (χ0n) is 25.1. The number of rotatable bonds is 6. The molecule has 0 spiro atoms. The largest absolute Gasteiger partial charge is 0.466 e. The van der Waals surface area contributed by atoms with Crippen LogP contribution in [-0.2, 0) is 19.1 Å². The number of piperazine rings is 1. The standard InChI is InChI=1S/C34H32ClN5O5/c1-21-12-14-23(15-13-21)32(41)39-18-16-38(17-19-39)29-25(35)10-7-11-26(29)40-30(34(43)45-3)28(33(42)44-2)27(24(20-36)31(40)37)22-8-5-4-6-9-22/h4-15,27H,16-19,37H2,1-3H3. The summed E-state index contributed by atoms with van der Waals surface area (Å²) in [6, 6.07) is 23.5. The molecule has 0 radical (unpaired) electrons. The summed E-state index contributed by atoms with van der Waals surface area (Å²) in [6.07, 6.45) is 0. The number of carbonyl (C=O) groups is 3. The summed E-state index contributed by atoms with van der Waals surface area (Å²) in [7, 11) is 2.40. The van der Waals surface area contributed by atoms with E-state index in [1.165, 1.54) is 19.1 Å². The van der Waals surface area contributed by atoms with Crippen LogP contribution in [0.5, 0.6) is 0 Å². The van der Waals surface area contributed by atoms with Gasteiger partial charge in [-0.3, -0.25) is 9.69 Å². The first-order valence-corrected chi connectivity index (χ1v) is 14.6. The first-order valence-electron chi connectivity index (χ1n) is 14.3. The number of allylic oxidation sites excluding steroid dienone is 1. The number of amides is 1. The Morgan fingerprint density at radius 1 is 0.889 bits per heavy atom. The van der Waals surface area contributed by atoms with Gasteiger partial charge in [0, 0.05) is 31.7 Å². The fourth-order valence-electron chi connectivity index (χ4n) is 5.77. The van der Waals surface area contributed by atoms with E-state index >= 15 is 0 Å². The smallest absolute Gasteiger partial charge is 0.355 e. The van der Waals surface area contributed by atoms with Gasteiger partial charge in [0.1, 0.15) is 11.5 Å². The van der Waals surface area contributed by atoms with Crippen LogP contribution < -0.4 is 15.5 Å². The molecular formula is C34H32ClN5O5. The molecule has 1 saturated heterocycles. The SMILES string of the molecule is COC(=O)C1=C(C(=O)OC)N(c2cccc(Cl)c2N2CCN(C(=O)c3ccc(C)cc3)CC2)C(N)=C(C#N)C1c1ccccc1. The van der Waals surface area contributed by atoms with E-state index in [1.807, 2.05) is 36.1 Å². The Bertz CT molecular complexity index is 1740. The zero-order chi connectivity index (χ0) is 32.2. The second kappa shape index (κ2) is 13.2. The van der Waals surface area contributed by atoms with E-state index in [0.29, 0.717) is 53.7 Å². The van der Waals surface area contributed by atoms with E-state index in [-0.39, 0.29) is 28.6 Å². The first-order chi connectivity index (χ1) is 21.7. The number of hydrogen-bond donors (Lipinski definition) is 1. The highest BCUT2D eigenvalue weighted by Gasteiger charge is 2.44. The maximum absolute atomic E-state index is 13.6. The van der Waals surface area contributed by atoms with Gasteiger partial charge in [-0.25, -0.2) is 9.59 Å². The number of benzene rings is 3. The highest BCUT2D eigenvalue weighted by atomic mass is 35.5. The van der Waals surface area contributed by atoms with Gasteiger partial charge in [0.05, 0.1) is 53.8 Å². The Balaban J connectivity index is 1.61. The van der Waals surface area contributed by atoms with Crippen molar-refractivity contribution >= 4 is 40.8 Å². The summed E-state index contributed by atoms with van der Waals surface area (Å²) < 4.78 is 10.3. The van der Waals surface area contributed by atoms with Crippen LogP contribution in [0.15, 0.2) is 95.5 Å². The van der Waals surface area contributed by atoms with Crippen LogP contribution in [-0.4, -0.2) is 63.1 Å². The summed E-state index contributed by atoms with van der Waals surface area (Å²) in [5.41, 5.74) is 9.63. The number of anilines is 2. The molecule has 1 fully saturated rings. The lowest BCUT2D eigenvalue weighted by molar-refractivity contribution is -0.139. The monoisotopic (exact) mass is 625 g/mol. The lowest BCUT2D eigenvalue weighted by Crippen LogP contribution is -2.49. The fourth-order valence-corrected chi connectivity index (χ4v) is 6.06. The number of carbonyl (C=O) groups excluding carboxylic acids is 3. The maximum Gasteiger partial charge on any atom is 0.355 e. The van der Waals surface area contributed by atoms with Gasteiger partial charge < -0.3 is 25.0 Å².